The number of aliphatic hydroxyl groups is 1. The van der Waals surface area contributed by atoms with Gasteiger partial charge in [0.25, 0.3) is 0 Å². The monoisotopic (exact) mass is 466 g/mol. The Kier molecular flexibility index (Phi) is 9.11. The molecule has 2 aromatic carbocycles. The van der Waals surface area contributed by atoms with Crippen molar-refractivity contribution in [2.24, 2.45) is 5.92 Å². The Morgan fingerprint density at radius 2 is 1.76 bits per heavy atom. The van der Waals surface area contributed by atoms with Gasteiger partial charge in [-0.05, 0) is 68.2 Å². The van der Waals surface area contributed by atoms with E-state index in [1.165, 1.54) is 10.5 Å². The highest BCUT2D eigenvalue weighted by Gasteiger charge is 2.32. The number of rotatable bonds is 9. The summed E-state index contributed by atoms with van der Waals surface area (Å²) in [6.45, 7) is 6.40. The first-order valence-corrected chi connectivity index (χ1v) is 12.3. The molecule has 0 radical (unpaired) electrons. The van der Waals surface area contributed by atoms with Crippen molar-refractivity contribution < 1.29 is 19.8 Å². The average molecular weight is 467 g/mol. The molecule has 0 aromatic heterocycles. The molecule has 0 bridgehead atoms. The van der Waals surface area contributed by atoms with Gasteiger partial charge in [0, 0.05) is 18.2 Å². The van der Waals surface area contributed by atoms with Crippen LogP contribution in [0.2, 0.25) is 0 Å². The Hall–Kier alpha value is -2.86. The summed E-state index contributed by atoms with van der Waals surface area (Å²) < 4.78 is 0. The van der Waals surface area contributed by atoms with Crippen molar-refractivity contribution in [2.45, 2.75) is 70.9 Å². The molecule has 184 valence electrons. The first kappa shape index (κ1) is 25.8. The van der Waals surface area contributed by atoms with Gasteiger partial charge in [0.15, 0.2) is 0 Å². The molecule has 1 fully saturated rings. The number of carboxylic acid groups (broad SMARTS) is 1. The van der Waals surface area contributed by atoms with Crippen molar-refractivity contribution in [3.63, 3.8) is 0 Å². The minimum absolute atomic E-state index is 0.121. The lowest BCUT2D eigenvalue weighted by Gasteiger charge is -2.26. The lowest BCUT2D eigenvalue weighted by atomic mass is 9.98. The fourth-order valence-electron chi connectivity index (χ4n) is 4.70. The van der Waals surface area contributed by atoms with Crippen molar-refractivity contribution in [2.75, 3.05) is 18.4 Å². The Morgan fingerprint density at radius 3 is 2.41 bits per heavy atom. The molecule has 3 rings (SSSR count). The number of carbonyl (C=O) groups excluding carboxylic acids is 1. The van der Waals surface area contributed by atoms with Gasteiger partial charge in [-0.2, -0.15) is 0 Å². The van der Waals surface area contributed by atoms with E-state index in [4.69, 9.17) is 0 Å². The molecule has 2 aromatic rings. The molecule has 1 saturated carbocycles. The van der Waals surface area contributed by atoms with E-state index in [2.05, 4.69) is 37.4 Å². The van der Waals surface area contributed by atoms with Crippen molar-refractivity contribution in [3.05, 3.63) is 65.2 Å². The zero-order chi connectivity index (χ0) is 24.7. The molecule has 3 atom stereocenters. The van der Waals surface area contributed by atoms with Crippen LogP contribution in [0.3, 0.4) is 0 Å². The molecule has 3 N–H and O–H groups in total. The number of aliphatic carboxylic acids is 1. The van der Waals surface area contributed by atoms with E-state index < -0.39 is 12.1 Å². The van der Waals surface area contributed by atoms with Crippen LogP contribution < -0.4 is 5.32 Å². The van der Waals surface area contributed by atoms with Gasteiger partial charge in [0.1, 0.15) is 6.54 Å². The number of nitrogens with one attached hydrogen (secondary N) is 1. The van der Waals surface area contributed by atoms with Gasteiger partial charge in [-0.3, -0.25) is 9.59 Å². The average Bonchev–Trinajstić information content (AvgIpc) is 2.98. The molecule has 6 heteroatoms. The molecule has 0 unspecified atom stereocenters. The molecule has 0 saturated heterocycles. The Morgan fingerprint density at radius 1 is 1.06 bits per heavy atom. The lowest BCUT2D eigenvalue weighted by molar-refractivity contribution is -0.146. The second kappa shape index (κ2) is 12.0. The van der Waals surface area contributed by atoms with Gasteiger partial charge in [0.2, 0.25) is 5.91 Å². The topological polar surface area (TPSA) is 89.9 Å². The first-order chi connectivity index (χ1) is 16.2. The maximum absolute atomic E-state index is 13.3. The third-order valence-corrected chi connectivity index (χ3v) is 6.77. The number of aryl methyl sites for hydroxylation is 1. The largest absolute Gasteiger partial charge is 0.480 e. The van der Waals surface area contributed by atoms with E-state index in [0.717, 1.165) is 16.8 Å². The van der Waals surface area contributed by atoms with E-state index in [-0.39, 0.29) is 24.4 Å². The third-order valence-electron chi connectivity index (χ3n) is 6.77. The van der Waals surface area contributed by atoms with Crippen LogP contribution in [0, 0.1) is 12.8 Å². The van der Waals surface area contributed by atoms with Crippen LogP contribution in [0.15, 0.2) is 48.5 Å². The molecule has 34 heavy (non-hydrogen) atoms. The lowest BCUT2D eigenvalue weighted by Crippen LogP contribution is -2.41. The van der Waals surface area contributed by atoms with E-state index in [1.54, 1.807) is 0 Å². The summed E-state index contributed by atoms with van der Waals surface area (Å²) in [5.74, 6) is -0.939. The zero-order valence-corrected chi connectivity index (χ0v) is 20.5. The van der Waals surface area contributed by atoms with Crippen LogP contribution in [0.4, 0.5) is 5.69 Å². The van der Waals surface area contributed by atoms with Crippen molar-refractivity contribution >= 4 is 17.6 Å². The van der Waals surface area contributed by atoms with Crippen molar-refractivity contribution in [1.29, 1.82) is 0 Å². The summed E-state index contributed by atoms with van der Waals surface area (Å²) in [6.07, 6.45) is 2.41. The summed E-state index contributed by atoms with van der Waals surface area (Å²) in [5, 5.41) is 23.6. The van der Waals surface area contributed by atoms with Gasteiger partial charge < -0.3 is 20.4 Å². The molecule has 0 spiro atoms. The smallest absolute Gasteiger partial charge is 0.323 e. The summed E-state index contributed by atoms with van der Waals surface area (Å²) in [7, 11) is 0. The molecule has 6 nitrogen and oxygen atoms in total. The number of hydrogen-bond donors (Lipinski definition) is 3. The molecule has 0 aliphatic heterocycles. The number of nitrogens with zero attached hydrogens (tertiary/aromatic N) is 1. The normalized spacial score (nSPS) is 20.6. The van der Waals surface area contributed by atoms with Gasteiger partial charge in [-0.15, -0.1) is 0 Å². The van der Waals surface area contributed by atoms with Gasteiger partial charge in [-0.1, -0.05) is 55.8 Å². The van der Waals surface area contributed by atoms with Gasteiger partial charge in [0.05, 0.1) is 12.1 Å². The second-order valence-electron chi connectivity index (χ2n) is 9.84. The number of carbonyl (C=O) groups is 2. The van der Waals surface area contributed by atoms with Gasteiger partial charge in [-0.25, -0.2) is 0 Å². The molecule has 1 amide bonds. The number of benzene rings is 2. The van der Waals surface area contributed by atoms with E-state index in [9.17, 15) is 19.8 Å². The summed E-state index contributed by atoms with van der Waals surface area (Å²) >= 11 is 0. The highest BCUT2D eigenvalue weighted by molar-refractivity contribution is 5.83. The SMILES string of the molecule is Cc1cccc(CCN(CC(=O)O)C(=O)[C@@H]2CC[C@H](Nc3ccc(C(C)C)cc3)[C@@H](O)CC2)c1. The van der Waals surface area contributed by atoms with E-state index >= 15 is 0 Å². The fourth-order valence-corrected chi connectivity index (χ4v) is 4.70. The predicted molar refractivity (Wildman–Crippen MR) is 135 cm³/mol. The Bertz CT molecular complexity index is 957. The van der Waals surface area contributed by atoms with Crippen molar-refractivity contribution in [1.82, 2.24) is 4.90 Å². The fraction of sp³-hybridized carbons (Fsp3) is 0.500. The van der Waals surface area contributed by atoms with Crippen LogP contribution in [0.25, 0.3) is 0 Å². The molecule has 1 aliphatic rings. The molecule has 1 aliphatic carbocycles. The third kappa shape index (κ3) is 7.32. The number of hydrogen-bond acceptors (Lipinski definition) is 4. The Balaban J connectivity index is 1.62. The number of anilines is 1. The predicted octanol–water partition coefficient (Wildman–Crippen LogP) is 4.61. The maximum atomic E-state index is 13.3. The minimum atomic E-state index is -1.00. The standard InChI is InChI=1S/C28H38N2O4/c1-19(2)22-7-11-24(12-8-22)29-25-13-9-23(10-14-26(25)31)28(34)30(18-27(32)33)16-15-21-6-4-5-20(3)17-21/h4-8,11-12,17,19,23,25-26,29,31H,9-10,13-16,18H2,1-3H3,(H,32,33)/t23-,25+,26+/m1/s1. The van der Waals surface area contributed by atoms with Crippen LogP contribution in [0.1, 0.15) is 62.1 Å². The maximum Gasteiger partial charge on any atom is 0.323 e. The van der Waals surface area contributed by atoms with Gasteiger partial charge >= 0.3 is 5.97 Å². The number of aliphatic hydroxyl groups excluding tert-OH is 1. The molecular weight excluding hydrogens is 428 g/mol. The van der Waals surface area contributed by atoms with Crippen molar-refractivity contribution in [3.8, 4) is 0 Å². The summed E-state index contributed by atoms with van der Waals surface area (Å²) in [4.78, 5) is 26.2. The molecule has 0 heterocycles. The second-order valence-corrected chi connectivity index (χ2v) is 9.84. The highest BCUT2D eigenvalue weighted by atomic mass is 16.4. The Labute approximate surface area is 203 Å². The minimum Gasteiger partial charge on any atom is -0.480 e. The zero-order valence-electron chi connectivity index (χ0n) is 20.5. The van der Waals surface area contributed by atoms with Crippen LogP contribution in [-0.2, 0) is 16.0 Å². The number of amides is 1. The highest BCUT2D eigenvalue weighted by Crippen LogP contribution is 2.28. The van der Waals surface area contributed by atoms with Crippen LogP contribution in [-0.4, -0.2) is 52.2 Å². The first-order valence-electron chi connectivity index (χ1n) is 12.3. The van der Waals surface area contributed by atoms with E-state index in [0.29, 0.717) is 44.6 Å². The summed E-state index contributed by atoms with van der Waals surface area (Å²) in [5.41, 5.74) is 4.46. The molecular formula is C28H38N2O4. The number of carboxylic acids is 1. The quantitative estimate of drug-likeness (QED) is 0.470. The van der Waals surface area contributed by atoms with Crippen LogP contribution in [0.5, 0.6) is 0 Å². The summed E-state index contributed by atoms with van der Waals surface area (Å²) in [6, 6.07) is 16.2. The van der Waals surface area contributed by atoms with Crippen LogP contribution >= 0.6 is 0 Å². The van der Waals surface area contributed by atoms with E-state index in [1.807, 2.05) is 37.3 Å².